The van der Waals surface area contributed by atoms with Crippen LogP contribution in [0.4, 0.5) is 4.79 Å². The highest BCUT2D eigenvalue weighted by atomic mass is 16.6. The Balaban J connectivity index is 1.83. The summed E-state index contributed by atoms with van der Waals surface area (Å²) < 4.78 is 5.25. The number of carbonyl (C=O) groups is 1. The van der Waals surface area contributed by atoms with Crippen LogP contribution >= 0.6 is 0 Å². The van der Waals surface area contributed by atoms with Crippen LogP contribution in [0.2, 0.25) is 0 Å². The summed E-state index contributed by atoms with van der Waals surface area (Å²) in [5.41, 5.74) is 5.55. The van der Waals surface area contributed by atoms with Crippen LogP contribution in [0, 0.1) is 11.8 Å². The minimum absolute atomic E-state index is 0.226. The van der Waals surface area contributed by atoms with Crippen LogP contribution in [0.5, 0.6) is 0 Å². The van der Waals surface area contributed by atoms with Crippen LogP contribution in [-0.4, -0.2) is 23.8 Å². The van der Waals surface area contributed by atoms with Crippen molar-refractivity contribution in [2.24, 2.45) is 17.6 Å². The van der Waals surface area contributed by atoms with Crippen molar-refractivity contribution in [3.05, 3.63) is 0 Å². The number of rotatable bonds is 1. The molecule has 2 saturated carbocycles. The molecule has 92 valence electrons. The number of carbonyl (C=O) groups excluding carboxylic acids is 1. The molecule has 0 radical (unpaired) electrons. The van der Waals surface area contributed by atoms with Crippen LogP contribution in [-0.2, 0) is 4.74 Å². The van der Waals surface area contributed by atoms with Crippen molar-refractivity contribution in [1.29, 1.82) is 0 Å². The van der Waals surface area contributed by atoms with Crippen molar-refractivity contribution in [3.8, 4) is 0 Å². The van der Waals surface area contributed by atoms with Gasteiger partial charge >= 0.3 is 6.09 Å². The first kappa shape index (κ1) is 11.7. The Morgan fingerprint density at radius 1 is 1.38 bits per heavy atom. The minimum Gasteiger partial charge on any atom is -0.444 e. The molecule has 0 bridgehead atoms. The van der Waals surface area contributed by atoms with Gasteiger partial charge in [-0.2, -0.15) is 0 Å². The summed E-state index contributed by atoms with van der Waals surface area (Å²) in [5.74, 6) is 1.12. The van der Waals surface area contributed by atoms with Crippen LogP contribution < -0.4 is 11.1 Å². The summed E-state index contributed by atoms with van der Waals surface area (Å²) in [4.78, 5) is 11.6. The first-order chi connectivity index (χ1) is 7.38. The molecule has 16 heavy (non-hydrogen) atoms. The van der Waals surface area contributed by atoms with E-state index in [-0.39, 0.29) is 12.1 Å². The lowest BCUT2D eigenvalue weighted by Crippen LogP contribution is -2.42. The molecular weight excluding hydrogens is 204 g/mol. The van der Waals surface area contributed by atoms with Gasteiger partial charge in [0, 0.05) is 12.1 Å². The molecule has 2 rings (SSSR count). The Kier molecular flexibility index (Phi) is 2.86. The minimum atomic E-state index is -0.427. The second kappa shape index (κ2) is 3.91. The molecule has 0 aromatic heterocycles. The third-order valence-electron chi connectivity index (χ3n) is 3.51. The van der Waals surface area contributed by atoms with Gasteiger partial charge in [0.2, 0.25) is 0 Å². The van der Waals surface area contributed by atoms with Crippen molar-refractivity contribution in [2.45, 2.75) is 57.7 Å². The number of hydrogen-bond acceptors (Lipinski definition) is 3. The van der Waals surface area contributed by atoms with E-state index < -0.39 is 5.60 Å². The van der Waals surface area contributed by atoms with Gasteiger partial charge in [-0.3, -0.25) is 0 Å². The van der Waals surface area contributed by atoms with E-state index in [1.807, 2.05) is 20.8 Å². The van der Waals surface area contributed by atoms with Crippen LogP contribution in [0.3, 0.4) is 0 Å². The van der Waals surface area contributed by atoms with Crippen LogP contribution in [0.15, 0.2) is 0 Å². The number of nitrogens with two attached hydrogens (primary N) is 1. The number of alkyl carbamates (subject to hydrolysis) is 1. The maximum atomic E-state index is 11.6. The van der Waals surface area contributed by atoms with Gasteiger partial charge in [0.25, 0.3) is 0 Å². The maximum Gasteiger partial charge on any atom is 0.407 e. The van der Waals surface area contributed by atoms with Crippen molar-refractivity contribution >= 4 is 6.09 Å². The average molecular weight is 226 g/mol. The highest BCUT2D eigenvalue weighted by Gasteiger charge is 2.53. The normalized spacial score (nSPS) is 37.5. The van der Waals surface area contributed by atoms with Crippen molar-refractivity contribution < 1.29 is 9.53 Å². The summed E-state index contributed by atoms with van der Waals surface area (Å²) in [5, 5.41) is 2.96. The Bertz CT molecular complexity index is 285. The molecule has 0 aromatic carbocycles. The monoisotopic (exact) mass is 226 g/mol. The van der Waals surface area contributed by atoms with E-state index in [0.29, 0.717) is 17.9 Å². The molecule has 0 spiro atoms. The number of fused-ring (bicyclic) bond motifs is 1. The van der Waals surface area contributed by atoms with E-state index in [4.69, 9.17) is 10.5 Å². The smallest absolute Gasteiger partial charge is 0.407 e. The summed E-state index contributed by atoms with van der Waals surface area (Å²) in [7, 11) is 0. The Labute approximate surface area is 96.9 Å². The van der Waals surface area contributed by atoms with Gasteiger partial charge in [-0.1, -0.05) is 6.42 Å². The molecule has 1 amide bonds. The van der Waals surface area contributed by atoms with Crippen LogP contribution in [0.25, 0.3) is 0 Å². The summed E-state index contributed by atoms with van der Waals surface area (Å²) in [6.45, 7) is 5.62. The Morgan fingerprint density at radius 3 is 2.69 bits per heavy atom. The maximum absolute atomic E-state index is 11.6. The first-order valence-corrected chi connectivity index (χ1v) is 6.13. The Hall–Kier alpha value is -0.770. The van der Waals surface area contributed by atoms with E-state index in [2.05, 4.69) is 5.32 Å². The molecule has 0 heterocycles. The second-order valence-corrected chi connectivity index (χ2v) is 6.00. The highest BCUT2D eigenvalue weighted by Crippen LogP contribution is 2.48. The molecular formula is C12H22N2O2. The molecule has 3 N–H and O–H groups in total. The fourth-order valence-electron chi connectivity index (χ4n) is 2.77. The van der Waals surface area contributed by atoms with Crippen molar-refractivity contribution in [2.75, 3.05) is 0 Å². The van der Waals surface area contributed by atoms with Gasteiger partial charge in [-0.15, -0.1) is 0 Å². The zero-order valence-electron chi connectivity index (χ0n) is 10.3. The SMILES string of the molecule is CC(C)(C)OC(=O)NC1CCC[C@@H]2[C@@H](N)[C@H]12. The molecule has 1 unspecified atom stereocenters. The molecule has 0 aliphatic heterocycles. The number of amides is 1. The predicted octanol–water partition coefficient (Wildman–Crippen LogP) is 1.64. The van der Waals surface area contributed by atoms with Crippen LogP contribution in [0.1, 0.15) is 40.0 Å². The zero-order chi connectivity index (χ0) is 11.9. The largest absolute Gasteiger partial charge is 0.444 e. The number of nitrogens with one attached hydrogen (secondary N) is 1. The number of ether oxygens (including phenoxy) is 1. The topological polar surface area (TPSA) is 64.3 Å². The van der Waals surface area contributed by atoms with Gasteiger partial charge in [0.15, 0.2) is 0 Å². The fraction of sp³-hybridized carbons (Fsp3) is 0.917. The quantitative estimate of drug-likeness (QED) is 0.714. The molecule has 4 nitrogen and oxygen atoms in total. The standard InChI is InChI=1S/C12H22N2O2/c1-12(2,3)16-11(15)14-8-6-4-5-7-9(8)10(7)13/h7-10H,4-6,13H2,1-3H3,(H,14,15)/t7-,8?,9-,10+/m0/s1. The summed E-state index contributed by atoms with van der Waals surface area (Å²) in [6.07, 6.45) is 3.11. The molecule has 4 atom stereocenters. The second-order valence-electron chi connectivity index (χ2n) is 6.00. The summed E-state index contributed by atoms with van der Waals surface area (Å²) in [6, 6.07) is 0.519. The molecule has 0 saturated heterocycles. The van der Waals surface area contributed by atoms with E-state index in [0.717, 1.165) is 12.8 Å². The van der Waals surface area contributed by atoms with Gasteiger partial charge in [-0.25, -0.2) is 4.79 Å². The Morgan fingerprint density at radius 2 is 2.06 bits per heavy atom. The van der Waals surface area contributed by atoms with E-state index in [1.54, 1.807) is 0 Å². The predicted molar refractivity (Wildman–Crippen MR) is 62.0 cm³/mol. The molecule has 2 aliphatic carbocycles. The van der Waals surface area contributed by atoms with E-state index in [9.17, 15) is 4.79 Å². The van der Waals surface area contributed by atoms with E-state index >= 15 is 0 Å². The summed E-state index contributed by atoms with van der Waals surface area (Å²) >= 11 is 0. The van der Waals surface area contributed by atoms with Gasteiger partial charge in [0.05, 0.1) is 0 Å². The lowest BCUT2D eigenvalue weighted by molar-refractivity contribution is 0.0488. The fourth-order valence-corrected chi connectivity index (χ4v) is 2.77. The first-order valence-electron chi connectivity index (χ1n) is 6.13. The number of hydrogen-bond donors (Lipinski definition) is 2. The van der Waals surface area contributed by atoms with E-state index in [1.165, 1.54) is 6.42 Å². The van der Waals surface area contributed by atoms with Gasteiger partial charge in [-0.05, 0) is 45.4 Å². The third kappa shape index (κ3) is 2.48. The lowest BCUT2D eigenvalue weighted by atomic mass is 9.96. The highest BCUT2D eigenvalue weighted by molar-refractivity contribution is 5.68. The zero-order valence-corrected chi connectivity index (χ0v) is 10.3. The lowest BCUT2D eigenvalue weighted by Gasteiger charge is -2.25. The van der Waals surface area contributed by atoms with Gasteiger partial charge in [0.1, 0.15) is 5.60 Å². The molecule has 2 fully saturated rings. The van der Waals surface area contributed by atoms with Gasteiger partial charge < -0.3 is 15.8 Å². The van der Waals surface area contributed by atoms with Crippen molar-refractivity contribution in [1.82, 2.24) is 5.32 Å². The van der Waals surface area contributed by atoms with Crippen molar-refractivity contribution in [3.63, 3.8) is 0 Å². The molecule has 0 aromatic rings. The average Bonchev–Trinajstić information content (AvgIpc) is 2.75. The molecule has 4 heteroatoms. The molecule has 2 aliphatic rings. The third-order valence-corrected chi connectivity index (χ3v) is 3.51.